The Bertz CT molecular complexity index is 1070. The second-order valence-corrected chi connectivity index (χ2v) is 6.94. The van der Waals surface area contributed by atoms with Crippen molar-refractivity contribution < 1.29 is 19.4 Å². The molecule has 0 unspecified atom stereocenters. The number of aliphatic imine (C=N–C) groups is 1. The van der Waals surface area contributed by atoms with Crippen molar-refractivity contribution in [1.29, 1.82) is 0 Å². The van der Waals surface area contributed by atoms with Crippen molar-refractivity contribution in [1.82, 2.24) is 19.8 Å². The Morgan fingerprint density at radius 2 is 2.28 bits per heavy atom. The molecule has 0 aromatic carbocycles. The number of aromatic hydroxyl groups is 1. The molecule has 29 heavy (non-hydrogen) atoms. The second-order valence-electron chi connectivity index (χ2n) is 6.94. The first kappa shape index (κ1) is 18.8. The molecule has 4 rings (SSSR count). The van der Waals surface area contributed by atoms with E-state index in [0.717, 1.165) is 0 Å². The average Bonchev–Trinajstić information content (AvgIpc) is 3.06. The highest BCUT2D eigenvalue weighted by molar-refractivity contribution is 5.99. The minimum atomic E-state index is -1.34. The SMILES string of the molecule is C=N[C@@]12Cn3cc(C(=O)NCc4ccccn4)c(=O)c(O)c3C(=O)N1[C@@H](C)CO2. The van der Waals surface area contributed by atoms with Gasteiger partial charge < -0.3 is 19.7 Å². The Balaban J connectivity index is 1.70. The molecule has 2 aliphatic heterocycles. The van der Waals surface area contributed by atoms with Gasteiger partial charge in [-0.15, -0.1) is 0 Å². The van der Waals surface area contributed by atoms with Crippen LogP contribution in [0.1, 0.15) is 33.5 Å². The lowest BCUT2D eigenvalue weighted by Crippen LogP contribution is -2.57. The molecular formula is C19H19N5O5. The highest BCUT2D eigenvalue weighted by Crippen LogP contribution is 2.37. The summed E-state index contributed by atoms with van der Waals surface area (Å²) < 4.78 is 7.01. The van der Waals surface area contributed by atoms with Gasteiger partial charge in [0.05, 0.1) is 31.4 Å². The molecule has 2 N–H and O–H groups in total. The summed E-state index contributed by atoms with van der Waals surface area (Å²) >= 11 is 0. The minimum Gasteiger partial charge on any atom is -0.503 e. The molecule has 1 fully saturated rings. The third kappa shape index (κ3) is 2.88. The lowest BCUT2D eigenvalue weighted by atomic mass is 10.1. The van der Waals surface area contributed by atoms with Crippen LogP contribution in [-0.2, 0) is 17.8 Å². The number of hydrogen-bond acceptors (Lipinski definition) is 7. The smallest absolute Gasteiger partial charge is 0.278 e. The third-order valence-electron chi connectivity index (χ3n) is 5.07. The van der Waals surface area contributed by atoms with Gasteiger partial charge in [0.15, 0.2) is 11.4 Å². The van der Waals surface area contributed by atoms with Crippen molar-refractivity contribution in [2.45, 2.75) is 31.9 Å². The number of fused-ring (bicyclic) bond motifs is 2. The molecule has 0 bridgehead atoms. The summed E-state index contributed by atoms with van der Waals surface area (Å²) in [5.41, 5.74) is -0.811. The molecule has 10 heteroatoms. The van der Waals surface area contributed by atoms with Crippen molar-refractivity contribution in [2.75, 3.05) is 6.61 Å². The summed E-state index contributed by atoms with van der Waals surface area (Å²) in [5.74, 6) is -3.42. The lowest BCUT2D eigenvalue weighted by molar-refractivity contribution is -0.0821. The number of carbonyl (C=O) groups excluding carboxylic acids is 2. The molecule has 2 aliphatic rings. The molecular weight excluding hydrogens is 378 g/mol. The van der Waals surface area contributed by atoms with E-state index in [-0.39, 0.29) is 37.0 Å². The van der Waals surface area contributed by atoms with E-state index in [2.05, 4.69) is 22.0 Å². The van der Waals surface area contributed by atoms with Crippen molar-refractivity contribution in [2.24, 2.45) is 4.99 Å². The number of rotatable bonds is 4. The molecule has 2 aromatic rings. The van der Waals surface area contributed by atoms with Crippen LogP contribution in [0.2, 0.25) is 0 Å². The molecule has 0 saturated carbocycles. The van der Waals surface area contributed by atoms with E-state index in [1.807, 2.05) is 0 Å². The van der Waals surface area contributed by atoms with Crippen molar-refractivity contribution in [3.05, 3.63) is 57.8 Å². The highest BCUT2D eigenvalue weighted by Gasteiger charge is 2.53. The number of nitrogens with zero attached hydrogens (tertiary/aromatic N) is 4. The molecule has 0 aliphatic carbocycles. The lowest BCUT2D eigenvalue weighted by Gasteiger charge is -2.40. The first-order chi connectivity index (χ1) is 13.9. The molecule has 1 saturated heterocycles. The van der Waals surface area contributed by atoms with Crippen molar-refractivity contribution in [3.8, 4) is 5.75 Å². The Kier molecular flexibility index (Phi) is 4.42. The van der Waals surface area contributed by atoms with Gasteiger partial charge >= 0.3 is 0 Å². The molecule has 10 nitrogen and oxygen atoms in total. The minimum absolute atomic E-state index is 0.00370. The van der Waals surface area contributed by atoms with E-state index >= 15 is 0 Å². The summed E-state index contributed by atoms with van der Waals surface area (Å²) in [6, 6.07) is 4.94. The zero-order valence-electron chi connectivity index (χ0n) is 15.7. The Morgan fingerprint density at radius 3 is 2.97 bits per heavy atom. The maximum Gasteiger partial charge on any atom is 0.278 e. The van der Waals surface area contributed by atoms with E-state index in [0.29, 0.717) is 5.69 Å². The number of pyridine rings is 2. The number of amides is 2. The van der Waals surface area contributed by atoms with E-state index in [9.17, 15) is 19.5 Å². The number of nitrogens with one attached hydrogen (secondary N) is 1. The van der Waals surface area contributed by atoms with Crippen LogP contribution in [-0.4, -0.2) is 56.6 Å². The van der Waals surface area contributed by atoms with Crippen molar-refractivity contribution in [3.63, 3.8) is 0 Å². The first-order valence-corrected chi connectivity index (χ1v) is 8.98. The van der Waals surface area contributed by atoms with Gasteiger partial charge in [-0.1, -0.05) is 6.07 Å². The Labute approximate surface area is 165 Å². The van der Waals surface area contributed by atoms with E-state index in [4.69, 9.17) is 4.74 Å². The van der Waals surface area contributed by atoms with Crippen molar-refractivity contribution >= 4 is 18.5 Å². The molecule has 2 aromatic heterocycles. The van der Waals surface area contributed by atoms with Gasteiger partial charge in [0.25, 0.3) is 17.7 Å². The van der Waals surface area contributed by atoms with Crippen LogP contribution < -0.4 is 10.7 Å². The van der Waals surface area contributed by atoms with Gasteiger partial charge in [-0.2, -0.15) is 0 Å². The molecule has 0 radical (unpaired) electrons. The fourth-order valence-electron chi connectivity index (χ4n) is 3.66. The number of aromatic nitrogens is 2. The maximum absolute atomic E-state index is 13.0. The normalized spacial score (nSPS) is 22.7. The van der Waals surface area contributed by atoms with E-state index in [1.54, 1.807) is 31.3 Å². The topological polar surface area (TPSA) is 126 Å². The predicted octanol–water partition coefficient (Wildman–Crippen LogP) is 0.108. The van der Waals surface area contributed by atoms with Gasteiger partial charge in [0, 0.05) is 12.4 Å². The average molecular weight is 397 g/mol. The summed E-state index contributed by atoms with van der Waals surface area (Å²) in [7, 11) is 0. The molecule has 2 amide bonds. The quantitative estimate of drug-likeness (QED) is 0.705. The van der Waals surface area contributed by atoms with Gasteiger partial charge in [0.2, 0.25) is 5.43 Å². The molecule has 4 heterocycles. The molecule has 150 valence electrons. The zero-order valence-corrected chi connectivity index (χ0v) is 15.7. The zero-order chi connectivity index (χ0) is 20.8. The maximum atomic E-state index is 13.0. The monoisotopic (exact) mass is 397 g/mol. The van der Waals surface area contributed by atoms with Crippen LogP contribution in [0.5, 0.6) is 5.75 Å². The van der Waals surface area contributed by atoms with Gasteiger partial charge in [-0.3, -0.25) is 24.3 Å². The van der Waals surface area contributed by atoms with Gasteiger partial charge in [-0.25, -0.2) is 4.99 Å². The number of carbonyl (C=O) groups is 2. The largest absolute Gasteiger partial charge is 0.503 e. The van der Waals surface area contributed by atoms with E-state index < -0.39 is 28.8 Å². The van der Waals surface area contributed by atoms with Crippen LogP contribution in [0.25, 0.3) is 0 Å². The van der Waals surface area contributed by atoms with Gasteiger partial charge in [-0.05, 0) is 25.8 Å². The van der Waals surface area contributed by atoms with Crippen LogP contribution in [0.3, 0.4) is 0 Å². The summed E-state index contributed by atoms with van der Waals surface area (Å²) in [4.78, 5) is 47.6. The summed E-state index contributed by atoms with van der Waals surface area (Å²) in [5, 5.41) is 13.0. The summed E-state index contributed by atoms with van der Waals surface area (Å²) in [6.45, 7) is 5.64. The second kappa shape index (κ2) is 6.82. The predicted molar refractivity (Wildman–Crippen MR) is 102 cm³/mol. The van der Waals surface area contributed by atoms with Crippen LogP contribution in [0.15, 0.2) is 40.4 Å². The molecule has 2 atom stereocenters. The summed E-state index contributed by atoms with van der Waals surface area (Å²) in [6.07, 6.45) is 2.82. The van der Waals surface area contributed by atoms with Crippen LogP contribution in [0, 0.1) is 0 Å². The van der Waals surface area contributed by atoms with E-state index in [1.165, 1.54) is 15.7 Å². The fraction of sp³-hybridized carbons (Fsp3) is 0.316. The van der Waals surface area contributed by atoms with Crippen LogP contribution >= 0.6 is 0 Å². The third-order valence-corrected chi connectivity index (χ3v) is 5.07. The fourth-order valence-corrected chi connectivity index (χ4v) is 3.66. The Morgan fingerprint density at radius 1 is 1.48 bits per heavy atom. The first-order valence-electron chi connectivity index (χ1n) is 8.98. The standard InChI is InChI=1S/C19H19N5O5/c1-11-9-29-19(20-2)10-23-8-13(15(25)16(26)14(23)18(28)24(11)19)17(27)22-7-12-5-3-4-6-21-12/h3-6,8,11,26H,2,7,9-10H2,1H3,(H,22,27)/t11-,19-/m0/s1. The highest BCUT2D eigenvalue weighted by atomic mass is 16.5. The Hall–Kier alpha value is -3.53. The number of hydrogen-bond donors (Lipinski definition) is 2. The van der Waals surface area contributed by atoms with Gasteiger partial charge in [0.1, 0.15) is 5.56 Å². The number of ether oxygens (including phenoxy) is 1. The van der Waals surface area contributed by atoms with Crippen LogP contribution in [0.4, 0.5) is 0 Å². The molecule has 0 spiro atoms.